The summed E-state index contributed by atoms with van der Waals surface area (Å²) in [6, 6.07) is 9.49. The molecule has 1 aromatic carbocycles. The maximum atomic E-state index is 10.7. The van der Waals surface area contributed by atoms with Crippen LogP contribution in [0.15, 0.2) is 47.1 Å². The summed E-state index contributed by atoms with van der Waals surface area (Å²) in [5, 5.41) is 8.79. The Hall–Kier alpha value is -1.90. The van der Waals surface area contributed by atoms with Gasteiger partial charge in [-0.3, -0.25) is 0 Å². The molecule has 3 nitrogen and oxygen atoms in total. The Morgan fingerprint density at radius 1 is 1.33 bits per heavy atom. The number of carboxylic acid groups (broad SMARTS) is 1. The van der Waals surface area contributed by atoms with Crippen LogP contribution in [0.5, 0.6) is 0 Å². The molecule has 0 saturated carbocycles. The highest BCUT2D eigenvalue weighted by molar-refractivity contribution is 6.02. The molecule has 0 radical (unpaired) electrons. The van der Waals surface area contributed by atoms with Crippen molar-refractivity contribution in [3.63, 3.8) is 0 Å². The highest BCUT2D eigenvalue weighted by Gasteiger charge is 2.04. The monoisotopic (exact) mass is 203 g/mol. The predicted octanol–water partition coefficient (Wildman–Crippen LogP) is 2.48. The fourth-order valence-electron chi connectivity index (χ4n) is 1.16. The number of carbonyl (C=O) groups is 1. The lowest BCUT2D eigenvalue weighted by atomic mass is 10.1. The minimum Gasteiger partial charge on any atom is -0.477 e. The molecule has 0 unspecified atom stereocenters. The van der Waals surface area contributed by atoms with E-state index in [2.05, 4.69) is 4.99 Å². The molecule has 1 aromatic rings. The third-order valence-electron chi connectivity index (χ3n) is 1.97. The Labute approximate surface area is 88.8 Å². The van der Waals surface area contributed by atoms with Gasteiger partial charge in [-0.05, 0) is 19.4 Å². The van der Waals surface area contributed by atoms with E-state index in [4.69, 9.17) is 5.11 Å². The molecule has 0 aliphatic carbocycles. The zero-order valence-corrected chi connectivity index (χ0v) is 8.77. The van der Waals surface area contributed by atoms with Crippen LogP contribution in [0.25, 0.3) is 0 Å². The normalized spacial score (nSPS) is 12.7. The van der Waals surface area contributed by atoms with Crippen LogP contribution in [0, 0.1) is 0 Å². The van der Waals surface area contributed by atoms with Gasteiger partial charge in [-0.1, -0.05) is 36.4 Å². The smallest absolute Gasteiger partial charge is 0.354 e. The van der Waals surface area contributed by atoms with E-state index in [1.54, 1.807) is 13.8 Å². The molecular weight excluding hydrogens is 190 g/mol. The fourth-order valence-corrected chi connectivity index (χ4v) is 1.16. The fraction of sp³-hybridized carbons (Fsp3) is 0.167. The minimum absolute atomic E-state index is 0.0661. The topological polar surface area (TPSA) is 49.7 Å². The molecule has 1 N–H and O–H groups in total. The first-order valence-corrected chi connectivity index (χ1v) is 4.65. The Morgan fingerprint density at radius 3 is 2.40 bits per heavy atom. The standard InChI is InChI=1S/C12H13NO2/c1-3-11(12(14)15)13-9(2)10-7-5-4-6-8-10/h3-8H,1-2H3,(H,14,15)/b11-3-,13-9?. The second-order valence-corrected chi connectivity index (χ2v) is 3.04. The number of carboxylic acids is 1. The van der Waals surface area contributed by atoms with Crippen molar-refractivity contribution >= 4 is 11.7 Å². The van der Waals surface area contributed by atoms with Gasteiger partial charge in [-0.25, -0.2) is 9.79 Å². The van der Waals surface area contributed by atoms with Crippen molar-refractivity contribution in [2.45, 2.75) is 13.8 Å². The van der Waals surface area contributed by atoms with Gasteiger partial charge in [-0.15, -0.1) is 0 Å². The van der Waals surface area contributed by atoms with Crippen LogP contribution >= 0.6 is 0 Å². The number of hydrogen-bond donors (Lipinski definition) is 1. The van der Waals surface area contributed by atoms with E-state index in [0.717, 1.165) is 5.56 Å². The molecule has 0 saturated heterocycles. The average molecular weight is 203 g/mol. The van der Waals surface area contributed by atoms with Crippen molar-refractivity contribution in [3.8, 4) is 0 Å². The van der Waals surface area contributed by atoms with Crippen LogP contribution < -0.4 is 0 Å². The molecule has 0 fully saturated rings. The Morgan fingerprint density at radius 2 is 1.93 bits per heavy atom. The number of aliphatic carboxylic acids is 1. The molecule has 0 amide bonds. The SMILES string of the molecule is C/C=C(\N=C(C)c1ccccc1)C(=O)O. The Kier molecular flexibility index (Phi) is 3.80. The first-order chi connectivity index (χ1) is 7.15. The van der Waals surface area contributed by atoms with Gasteiger partial charge in [-0.2, -0.15) is 0 Å². The van der Waals surface area contributed by atoms with Crippen molar-refractivity contribution in [2.24, 2.45) is 4.99 Å². The van der Waals surface area contributed by atoms with Gasteiger partial charge in [0.15, 0.2) is 0 Å². The van der Waals surface area contributed by atoms with E-state index in [0.29, 0.717) is 5.71 Å². The van der Waals surface area contributed by atoms with E-state index < -0.39 is 5.97 Å². The number of aliphatic imine (C=N–C) groups is 1. The van der Waals surface area contributed by atoms with Crippen LogP contribution in [0.1, 0.15) is 19.4 Å². The van der Waals surface area contributed by atoms with Gasteiger partial charge in [0, 0.05) is 5.71 Å². The van der Waals surface area contributed by atoms with Gasteiger partial charge < -0.3 is 5.11 Å². The Balaban J connectivity index is 2.99. The molecule has 0 bridgehead atoms. The number of nitrogens with zero attached hydrogens (tertiary/aromatic N) is 1. The number of rotatable bonds is 3. The zero-order chi connectivity index (χ0) is 11.3. The summed E-state index contributed by atoms with van der Waals surface area (Å²) in [5.41, 5.74) is 1.69. The summed E-state index contributed by atoms with van der Waals surface area (Å²) >= 11 is 0. The number of hydrogen-bond acceptors (Lipinski definition) is 2. The third kappa shape index (κ3) is 3.06. The minimum atomic E-state index is -1.01. The van der Waals surface area contributed by atoms with Gasteiger partial charge in [0.25, 0.3) is 0 Å². The summed E-state index contributed by atoms with van der Waals surface area (Å²) in [6.45, 7) is 3.45. The maximum absolute atomic E-state index is 10.7. The third-order valence-corrected chi connectivity index (χ3v) is 1.97. The lowest BCUT2D eigenvalue weighted by molar-refractivity contribution is -0.132. The summed E-state index contributed by atoms with van der Waals surface area (Å²) in [4.78, 5) is 14.8. The molecule has 0 aliphatic heterocycles. The first kappa shape index (κ1) is 11.2. The van der Waals surface area contributed by atoms with Crippen LogP contribution in [0.2, 0.25) is 0 Å². The Bertz CT molecular complexity index is 405. The molecular formula is C12H13NO2. The number of allylic oxidation sites excluding steroid dienone is 1. The second-order valence-electron chi connectivity index (χ2n) is 3.04. The van der Waals surface area contributed by atoms with Crippen molar-refractivity contribution in [1.29, 1.82) is 0 Å². The van der Waals surface area contributed by atoms with Gasteiger partial charge in [0.2, 0.25) is 0 Å². The number of benzene rings is 1. The van der Waals surface area contributed by atoms with Crippen LogP contribution in [0.4, 0.5) is 0 Å². The van der Waals surface area contributed by atoms with Gasteiger partial charge >= 0.3 is 5.97 Å². The average Bonchev–Trinajstić information content (AvgIpc) is 2.26. The lowest BCUT2D eigenvalue weighted by Crippen LogP contribution is -2.02. The molecule has 78 valence electrons. The molecule has 0 heterocycles. The van der Waals surface area contributed by atoms with E-state index in [1.807, 2.05) is 30.3 Å². The van der Waals surface area contributed by atoms with Gasteiger partial charge in [0.05, 0.1) is 0 Å². The molecule has 0 atom stereocenters. The van der Waals surface area contributed by atoms with E-state index in [1.165, 1.54) is 6.08 Å². The van der Waals surface area contributed by atoms with Crippen molar-refractivity contribution in [1.82, 2.24) is 0 Å². The molecule has 15 heavy (non-hydrogen) atoms. The predicted molar refractivity (Wildman–Crippen MR) is 60.0 cm³/mol. The van der Waals surface area contributed by atoms with Crippen LogP contribution in [0.3, 0.4) is 0 Å². The largest absolute Gasteiger partial charge is 0.477 e. The van der Waals surface area contributed by atoms with Crippen molar-refractivity contribution in [3.05, 3.63) is 47.7 Å². The van der Waals surface area contributed by atoms with Crippen LogP contribution in [-0.4, -0.2) is 16.8 Å². The summed E-state index contributed by atoms with van der Waals surface area (Å²) in [5.74, 6) is -1.01. The first-order valence-electron chi connectivity index (χ1n) is 4.65. The van der Waals surface area contributed by atoms with Crippen molar-refractivity contribution < 1.29 is 9.90 Å². The van der Waals surface area contributed by atoms with Gasteiger partial charge in [0.1, 0.15) is 5.70 Å². The van der Waals surface area contributed by atoms with E-state index >= 15 is 0 Å². The summed E-state index contributed by atoms with van der Waals surface area (Å²) in [6.07, 6.45) is 1.48. The quantitative estimate of drug-likeness (QED) is 0.606. The second kappa shape index (κ2) is 5.10. The highest BCUT2D eigenvalue weighted by Crippen LogP contribution is 2.05. The molecule has 0 spiro atoms. The van der Waals surface area contributed by atoms with Crippen LogP contribution in [-0.2, 0) is 4.79 Å². The summed E-state index contributed by atoms with van der Waals surface area (Å²) < 4.78 is 0. The summed E-state index contributed by atoms with van der Waals surface area (Å²) in [7, 11) is 0. The van der Waals surface area contributed by atoms with E-state index in [9.17, 15) is 4.79 Å². The molecule has 3 heteroatoms. The molecule has 0 aromatic heterocycles. The van der Waals surface area contributed by atoms with Crippen molar-refractivity contribution in [2.75, 3.05) is 0 Å². The molecule has 1 rings (SSSR count). The lowest BCUT2D eigenvalue weighted by Gasteiger charge is -2.00. The maximum Gasteiger partial charge on any atom is 0.354 e. The molecule has 0 aliphatic rings. The highest BCUT2D eigenvalue weighted by atomic mass is 16.4. The van der Waals surface area contributed by atoms with E-state index in [-0.39, 0.29) is 5.70 Å². The zero-order valence-electron chi connectivity index (χ0n) is 8.77.